The molecule has 118 valence electrons. The molecule has 0 aliphatic carbocycles. The Hall–Kier alpha value is -3.28. The van der Waals surface area contributed by atoms with Gasteiger partial charge in [0.15, 0.2) is 5.65 Å². The van der Waals surface area contributed by atoms with Crippen LogP contribution in [0.4, 0.5) is 0 Å². The summed E-state index contributed by atoms with van der Waals surface area (Å²) in [5.74, 6) is 0.685. The minimum Gasteiger partial charge on any atom is -0.352 e. The molecule has 6 nitrogen and oxygen atoms in total. The molecule has 0 fully saturated rings. The molecule has 0 bridgehead atoms. The lowest BCUT2D eigenvalue weighted by molar-refractivity contribution is 0.0954. The molecule has 0 aliphatic heterocycles. The third-order valence-electron chi connectivity index (χ3n) is 3.87. The maximum absolute atomic E-state index is 12.3. The van der Waals surface area contributed by atoms with Gasteiger partial charge in [-0.2, -0.15) is 0 Å². The Morgan fingerprint density at radius 3 is 2.92 bits per heavy atom. The fraction of sp³-hybridized carbons (Fsp3) is 0.111. The maximum Gasteiger partial charge on any atom is 0.252 e. The van der Waals surface area contributed by atoms with E-state index in [4.69, 9.17) is 0 Å². The lowest BCUT2D eigenvalue weighted by atomic mass is 10.1. The number of aromatic nitrogens is 4. The van der Waals surface area contributed by atoms with Gasteiger partial charge in [0.25, 0.3) is 5.91 Å². The molecule has 0 radical (unpaired) electrons. The van der Waals surface area contributed by atoms with Crippen molar-refractivity contribution in [3.8, 4) is 0 Å². The van der Waals surface area contributed by atoms with Crippen LogP contribution in [0.3, 0.4) is 0 Å². The van der Waals surface area contributed by atoms with E-state index in [1.54, 1.807) is 6.20 Å². The number of fused-ring (bicyclic) bond motifs is 2. The van der Waals surface area contributed by atoms with Crippen molar-refractivity contribution >= 4 is 22.5 Å². The summed E-state index contributed by atoms with van der Waals surface area (Å²) in [5, 5.41) is 12.1. The van der Waals surface area contributed by atoms with E-state index < -0.39 is 0 Å². The Labute approximate surface area is 138 Å². The van der Waals surface area contributed by atoms with E-state index in [0.717, 1.165) is 22.4 Å². The minimum atomic E-state index is -0.137. The summed E-state index contributed by atoms with van der Waals surface area (Å²) < 4.78 is 1.92. The third kappa shape index (κ3) is 2.69. The molecular formula is C18H15N5O. The summed E-state index contributed by atoms with van der Waals surface area (Å²) in [4.78, 5) is 16.6. The average molecular weight is 317 g/mol. The van der Waals surface area contributed by atoms with Gasteiger partial charge in [0.1, 0.15) is 5.82 Å². The van der Waals surface area contributed by atoms with Crippen molar-refractivity contribution in [3.05, 3.63) is 72.3 Å². The first-order valence-electron chi connectivity index (χ1n) is 7.73. The molecule has 24 heavy (non-hydrogen) atoms. The maximum atomic E-state index is 12.3. The van der Waals surface area contributed by atoms with Crippen LogP contribution in [0.25, 0.3) is 16.6 Å². The molecule has 0 saturated carbocycles. The topological polar surface area (TPSA) is 72.2 Å². The summed E-state index contributed by atoms with van der Waals surface area (Å²) in [5.41, 5.74) is 2.24. The van der Waals surface area contributed by atoms with Crippen LogP contribution in [-0.2, 0) is 6.42 Å². The monoisotopic (exact) mass is 317 g/mol. The zero-order chi connectivity index (χ0) is 16.4. The van der Waals surface area contributed by atoms with E-state index in [9.17, 15) is 4.79 Å². The summed E-state index contributed by atoms with van der Waals surface area (Å²) >= 11 is 0. The number of para-hydroxylation sites is 1. The summed E-state index contributed by atoms with van der Waals surface area (Å²) in [6.07, 6.45) is 4.13. The molecule has 0 aliphatic rings. The van der Waals surface area contributed by atoms with Crippen LogP contribution in [0, 0.1) is 0 Å². The first-order chi connectivity index (χ1) is 11.8. The quantitative estimate of drug-likeness (QED) is 0.626. The van der Waals surface area contributed by atoms with Crippen molar-refractivity contribution in [2.24, 2.45) is 0 Å². The van der Waals surface area contributed by atoms with Gasteiger partial charge in [0, 0.05) is 30.7 Å². The van der Waals surface area contributed by atoms with Crippen LogP contribution in [0.15, 0.2) is 60.9 Å². The van der Waals surface area contributed by atoms with E-state index in [2.05, 4.69) is 20.5 Å². The number of carbonyl (C=O) groups excluding carboxylic acids is 1. The molecule has 0 saturated heterocycles. The molecular weight excluding hydrogens is 302 g/mol. The number of pyridine rings is 2. The normalized spacial score (nSPS) is 11.0. The van der Waals surface area contributed by atoms with E-state index >= 15 is 0 Å². The van der Waals surface area contributed by atoms with Gasteiger partial charge in [-0.05, 0) is 24.3 Å². The molecule has 6 heteroatoms. The second-order valence-electron chi connectivity index (χ2n) is 5.47. The zero-order valence-corrected chi connectivity index (χ0v) is 12.9. The van der Waals surface area contributed by atoms with Gasteiger partial charge in [-0.25, -0.2) is 0 Å². The van der Waals surface area contributed by atoms with Crippen molar-refractivity contribution in [1.29, 1.82) is 0 Å². The highest BCUT2D eigenvalue weighted by Gasteiger charge is 2.08. The van der Waals surface area contributed by atoms with E-state index in [0.29, 0.717) is 18.5 Å². The number of nitrogens with one attached hydrogen (secondary N) is 1. The summed E-state index contributed by atoms with van der Waals surface area (Å²) in [7, 11) is 0. The summed E-state index contributed by atoms with van der Waals surface area (Å²) in [6.45, 7) is 0.487. The molecule has 1 N–H and O–H groups in total. The van der Waals surface area contributed by atoms with Gasteiger partial charge in [-0.15, -0.1) is 10.2 Å². The van der Waals surface area contributed by atoms with Gasteiger partial charge >= 0.3 is 0 Å². The fourth-order valence-electron chi connectivity index (χ4n) is 2.65. The Kier molecular flexibility index (Phi) is 3.63. The number of hydrogen-bond donors (Lipinski definition) is 1. The molecule has 1 amide bonds. The number of amides is 1. The number of rotatable bonds is 4. The Bertz CT molecular complexity index is 1020. The number of nitrogens with zero attached hydrogens (tertiary/aromatic N) is 4. The molecule has 4 rings (SSSR count). The van der Waals surface area contributed by atoms with Crippen molar-refractivity contribution < 1.29 is 4.79 Å². The zero-order valence-electron chi connectivity index (χ0n) is 12.9. The van der Waals surface area contributed by atoms with Gasteiger partial charge < -0.3 is 5.32 Å². The molecule has 3 heterocycles. The highest BCUT2D eigenvalue weighted by Crippen LogP contribution is 2.12. The number of hydrogen-bond acceptors (Lipinski definition) is 4. The van der Waals surface area contributed by atoms with Crippen molar-refractivity contribution in [3.63, 3.8) is 0 Å². The summed E-state index contributed by atoms with van der Waals surface area (Å²) in [6, 6.07) is 15.3. The second kappa shape index (κ2) is 6.08. The van der Waals surface area contributed by atoms with E-state index in [1.165, 1.54) is 0 Å². The predicted octanol–water partition coefficient (Wildman–Crippen LogP) is 2.25. The largest absolute Gasteiger partial charge is 0.352 e. The van der Waals surface area contributed by atoms with Gasteiger partial charge in [0.05, 0.1) is 11.1 Å². The first kappa shape index (κ1) is 14.3. The standard InChI is InChI=1S/C18H15N5O/c24-18(14-11-13-5-1-2-6-15(13)20-12-14)19-9-8-17-22-21-16-7-3-4-10-23(16)17/h1-7,10-12H,8-9H2,(H,19,24). The van der Waals surface area contributed by atoms with Gasteiger partial charge in [-0.3, -0.25) is 14.2 Å². The first-order valence-corrected chi connectivity index (χ1v) is 7.73. The highest BCUT2D eigenvalue weighted by atomic mass is 16.1. The van der Waals surface area contributed by atoms with Crippen LogP contribution in [-0.4, -0.2) is 32.0 Å². The Balaban J connectivity index is 1.44. The average Bonchev–Trinajstić information content (AvgIpc) is 3.04. The Morgan fingerprint density at radius 1 is 1.08 bits per heavy atom. The van der Waals surface area contributed by atoms with Crippen molar-refractivity contribution in [2.45, 2.75) is 6.42 Å². The Morgan fingerprint density at radius 2 is 1.96 bits per heavy atom. The number of benzene rings is 1. The van der Waals surface area contributed by atoms with Crippen LogP contribution in [0.2, 0.25) is 0 Å². The molecule has 4 aromatic rings. The molecule has 1 aromatic carbocycles. The van der Waals surface area contributed by atoms with Crippen LogP contribution in [0.5, 0.6) is 0 Å². The van der Waals surface area contributed by atoms with Gasteiger partial charge in [0.2, 0.25) is 0 Å². The van der Waals surface area contributed by atoms with Crippen LogP contribution in [0.1, 0.15) is 16.2 Å². The van der Waals surface area contributed by atoms with E-state index in [1.807, 2.05) is 59.1 Å². The lowest BCUT2D eigenvalue weighted by Crippen LogP contribution is -2.26. The predicted molar refractivity (Wildman–Crippen MR) is 90.8 cm³/mol. The van der Waals surface area contributed by atoms with Crippen LogP contribution < -0.4 is 5.32 Å². The minimum absolute atomic E-state index is 0.137. The highest BCUT2D eigenvalue weighted by molar-refractivity contribution is 5.97. The lowest BCUT2D eigenvalue weighted by Gasteiger charge is -2.05. The molecule has 0 atom stereocenters. The van der Waals surface area contributed by atoms with Crippen molar-refractivity contribution in [2.75, 3.05) is 6.54 Å². The van der Waals surface area contributed by atoms with Crippen LogP contribution >= 0.6 is 0 Å². The molecule has 0 unspecified atom stereocenters. The molecule has 3 aromatic heterocycles. The third-order valence-corrected chi connectivity index (χ3v) is 3.87. The van der Waals surface area contributed by atoms with Crippen molar-refractivity contribution in [1.82, 2.24) is 24.9 Å². The SMILES string of the molecule is O=C(NCCc1nnc2ccccn12)c1cnc2ccccc2c1. The second-order valence-corrected chi connectivity index (χ2v) is 5.47. The molecule has 0 spiro atoms. The smallest absolute Gasteiger partial charge is 0.252 e. The van der Waals surface area contributed by atoms with E-state index in [-0.39, 0.29) is 5.91 Å². The fourth-order valence-corrected chi connectivity index (χ4v) is 2.65. The van der Waals surface area contributed by atoms with Gasteiger partial charge in [-0.1, -0.05) is 24.3 Å². The number of carbonyl (C=O) groups is 1.